The number of nitrogens with two attached hydrogens (primary N) is 1. The van der Waals surface area contributed by atoms with Gasteiger partial charge in [-0.2, -0.15) is 0 Å². The van der Waals surface area contributed by atoms with Gasteiger partial charge in [0.1, 0.15) is 0 Å². The highest BCUT2D eigenvalue weighted by atomic mass is 28.2. The van der Waals surface area contributed by atoms with Crippen LogP contribution in [0.5, 0.6) is 0 Å². The van der Waals surface area contributed by atoms with Crippen LogP contribution in [0.25, 0.3) is 0 Å². The van der Waals surface area contributed by atoms with Crippen LogP contribution in [0.15, 0.2) is 24.3 Å². The third kappa shape index (κ3) is 1.52. The molecular weight excluding hydrogens is 138 g/mol. The molecule has 1 unspecified atom stereocenters. The van der Waals surface area contributed by atoms with Gasteiger partial charge in [-0.15, -0.1) is 0 Å². The van der Waals surface area contributed by atoms with E-state index in [-0.39, 0.29) is 14.5 Å². The number of hydrogen-bond donors (Lipinski definition) is 1. The zero-order valence-electron chi connectivity index (χ0n) is 6.46. The number of rotatable bonds is 0. The van der Waals surface area contributed by atoms with E-state index in [0.717, 1.165) is 0 Å². The van der Waals surface area contributed by atoms with Gasteiger partial charge in [0.05, 0.1) is 0 Å². The van der Waals surface area contributed by atoms with Crippen molar-refractivity contribution >= 4 is 13.6 Å². The van der Waals surface area contributed by atoms with Gasteiger partial charge in [-0.25, -0.2) is 0 Å². The van der Waals surface area contributed by atoms with E-state index in [4.69, 9.17) is 5.73 Å². The molecule has 0 amide bonds. The maximum atomic E-state index is 5.83. The molecule has 10 heavy (non-hydrogen) atoms. The normalized spacial score (nSPS) is 23.5. The molecule has 1 aliphatic rings. The smallest absolute Gasteiger partial charge is 0.0440 e. The summed E-state index contributed by atoms with van der Waals surface area (Å²) in [5.41, 5.74) is 5.83. The van der Waals surface area contributed by atoms with E-state index < -0.39 is 0 Å². The molecule has 0 saturated carbocycles. The predicted molar refractivity (Wildman–Crippen MR) is 48.7 cm³/mol. The summed E-state index contributed by atoms with van der Waals surface area (Å²) >= 11 is 0. The second-order valence-electron chi connectivity index (χ2n) is 2.73. The molecule has 0 spiro atoms. The molecule has 2 heteroatoms. The average Bonchev–Trinajstić information content (AvgIpc) is 1.88. The Morgan fingerprint density at radius 1 is 1.40 bits per heavy atom. The molecule has 0 radical (unpaired) electrons. The van der Waals surface area contributed by atoms with E-state index in [1.54, 1.807) is 0 Å². The summed E-state index contributed by atoms with van der Waals surface area (Å²) in [5.74, 6) is 0. The molecule has 1 aliphatic carbocycles. The van der Waals surface area contributed by atoms with Gasteiger partial charge in [-0.3, -0.25) is 0 Å². The van der Waals surface area contributed by atoms with Crippen molar-refractivity contribution < 1.29 is 0 Å². The zero-order chi connectivity index (χ0) is 7.56. The fraction of sp³-hybridized carbons (Fsp3) is 0.375. The standard InChI is InChI=1S/C8H13NSi/c1-10(2)8-6-4-3-5-7(8)9/h3-7H,9H2,1-2H3. The van der Waals surface area contributed by atoms with Crippen molar-refractivity contribution in [2.45, 2.75) is 19.1 Å². The monoisotopic (exact) mass is 151 g/mol. The van der Waals surface area contributed by atoms with E-state index >= 15 is 0 Å². The molecule has 0 heterocycles. The predicted octanol–water partition coefficient (Wildman–Crippen LogP) is 0.948. The highest BCUT2D eigenvalue weighted by Crippen LogP contribution is 1.97. The highest BCUT2D eigenvalue weighted by molar-refractivity contribution is 6.72. The first kappa shape index (κ1) is 7.63. The molecule has 0 bridgehead atoms. The Kier molecular flexibility index (Phi) is 2.35. The van der Waals surface area contributed by atoms with E-state index in [2.05, 4.69) is 25.2 Å². The molecule has 0 aliphatic heterocycles. The first-order valence-corrected chi connectivity index (χ1v) is 5.99. The fourth-order valence-electron chi connectivity index (χ4n) is 1.06. The van der Waals surface area contributed by atoms with Crippen molar-refractivity contribution in [2.75, 3.05) is 0 Å². The Bertz CT molecular complexity index is 209. The molecule has 1 rings (SSSR count). The number of allylic oxidation sites excluding steroid dienone is 2. The summed E-state index contributed by atoms with van der Waals surface area (Å²) < 4.78 is 0. The Balaban J connectivity index is 2.91. The quantitative estimate of drug-likeness (QED) is 0.512. The molecule has 0 aromatic carbocycles. The van der Waals surface area contributed by atoms with E-state index in [0.29, 0.717) is 0 Å². The van der Waals surface area contributed by atoms with Crippen molar-refractivity contribution in [3.05, 3.63) is 24.3 Å². The largest absolute Gasteiger partial charge is 0.321 e. The molecule has 0 saturated heterocycles. The lowest BCUT2D eigenvalue weighted by Gasteiger charge is -2.12. The first-order chi connectivity index (χ1) is 4.72. The highest BCUT2D eigenvalue weighted by Gasteiger charge is 2.05. The molecule has 54 valence electrons. The minimum atomic E-state index is -0.330. The van der Waals surface area contributed by atoms with Crippen LogP contribution in [0.1, 0.15) is 0 Å². The van der Waals surface area contributed by atoms with Crippen molar-refractivity contribution in [1.29, 1.82) is 0 Å². The van der Waals surface area contributed by atoms with Crippen LogP contribution in [0, 0.1) is 0 Å². The Hall–Kier alpha value is -0.473. The minimum absolute atomic E-state index is 0.189. The van der Waals surface area contributed by atoms with Crippen molar-refractivity contribution in [1.82, 2.24) is 0 Å². The van der Waals surface area contributed by atoms with Crippen LogP contribution in [-0.4, -0.2) is 19.6 Å². The van der Waals surface area contributed by atoms with Gasteiger partial charge in [-0.05, 0) is 5.17 Å². The van der Waals surface area contributed by atoms with Gasteiger partial charge in [0.15, 0.2) is 0 Å². The van der Waals surface area contributed by atoms with Crippen molar-refractivity contribution in [3.8, 4) is 0 Å². The SMILES string of the molecule is C[Si](C)=C1C=CC=CC1N. The van der Waals surface area contributed by atoms with Crippen molar-refractivity contribution in [3.63, 3.8) is 0 Å². The van der Waals surface area contributed by atoms with E-state index in [1.807, 2.05) is 12.2 Å². The summed E-state index contributed by atoms with van der Waals surface area (Å²) in [7, 11) is -0.330. The molecule has 0 aromatic heterocycles. The van der Waals surface area contributed by atoms with Gasteiger partial charge >= 0.3 is 0 Å². The van der Waals surface area contributed by atoms with E-state index in [1.165, 1.54) is 5.17 Å². The van der Waals surface area contributed by atoms with Gasteiger partial charge in [0.2, 0.25) is 0 Å². The van der Waals surface area contributed by atoms with Crippen LogP contribution >= 0.6 is 0 Å². The van der Waals surface area contributed by atoms with Crippen LogP contribution in [0.4, 0.5) is 0 Å². The van der Waals surface area contributed by atoms with Crippen LogP contribution < -0.4 is 5.73 Å². The maximum absolute atomic E-state index is 5.83. The summed E-state index contributed by atoms with van der Waals surface area (Å²) in [6.45, 7) is 4.53. The fourth-order valence-corrected chi connectivity index (χ4v) is 2.25. The molecule has 2 N–H and O–H groups in total. The summed E-state index contributed by atoms with van der Waals surface area (Å²) in [6, 6.07) is 0.189. The van der Waals surface area contributed by atoms with Crippen LogP contribution in [0.3, 0.4) is 0 Å². The maximum Gasteiger partial charge on any atom is 0.0440 e. The van der Waals surface area contributed by atoms with Crippen LogP contribution in [-0.2, 0) is 0 Å². The first-order valence-electron chi connectivity index (χ1n) is 3.49. The van der Waals surface area contributed by atoms with Gasteiger partial charge in [-0.1, -0.05) is 37.4 Å². The van der Waals surface area contributed by atoms with E-state index in [9.17, 15) is 0 Å². The second kappa shape index (κ2) is 3.08. The average molecular weight is 151 g/mol. The van der Waals surface area contributed by atoms with Gasteiger partial charge < -0.3 is 5.73 Å². The minimum Gasteiger partial charge on any atom is -0.321 e. The lowest BCUT2D eigenvalue weighted by molar-refractivity contribution is 1.10. The Labute approximate surface area is 63.5 Å². The third-order valence-electron chi connectivity index (χ3n) is 1.64. The summed E-state index contributed by atoms with van der Waals surface area (Å²) in [5, 5.41) is 1.42. The van der Waals surface area contributed by atoms with Gasteiger partial charge in [0, 0.05) is 14.5 Å². The molecular formula is C8H13NSi. The lowest BCUT2D eigenvalue weighted by atomic mass is 10.1. The molecule has 1 nitrogen and oxygen atoms in total. The third-order valence-corrected chi connectivity index (χ3v) is 3.30. The lowest BCUT2D eigenvalue weighted by Crippen LogP contribution is -2.32. The topological polar surface area (TPSA) is 26.0 Å². The molecule has 0 aromatic rings. The molecule has 0 fully saturated rings. The van der Waals surface area contributed by atoms with Gasteiger partial charge in [0.25, 0.3) is 0 Å². The second-order valence-corrected chi connectivity index (χ2v) is 5.30. The molecule has 1 atom stereocenters. The summed E-state index contributed by atoms with van der Waals surface area (Å²) in [6.07, 6.45) is 8.28. The Morgan fingerprint density at radius 3 is 2.50 bits per heavy atom. The Morgan fingerprint density at radius 2 is 2.10 bits per heavy atom. The van der Waals surface area contributed by atoms with Crippen molar-refractivity contribution in [2.24, 2.45) is 5.73 Å². The van der Waals surface area contributed by atoms with Crippen LogP contribution in [0.2, 0.25) is 13.1 Å². The number of hydrogen-bond acceptors (Lipinski definition) is 1. The summed E-state index contributed by atoms with van der Waals surface area (Å²) in [4.78, 5) is 0. The zero-order valence-corrected chi connectivity index (χ0v) is 7.46.